The normalized spacial score (nSPS) is 15.5. The molecule has 0 bridgehead atoms. The van der Waals surface area contributed by atoms with Crippen LogP contribution in [0.2, 0.25) is 0 Å². The van der Waals surface area contributed by atoms with Crippen molar-refractivity contribution >= 4 is 40.4 Å². The lowest BCUT2D eigenvalue weighted by Gasteiger charge is -2.19. The molecule has 1 N–H and O–H groups in total. The summed E-state index contributed by atoms with van der Waals surface area (Å²) in [6, 6.07) is 0. The molecule has 0 saturated carbocycles. The van der Waals surface area contributed by atoms with Crippen molar-refractivity contribution in [2.24, 2.45) is 5.92 Å². The molecule has 0 saturated heterocycles. The summed E-state index contributed by atoms with van der Waals surface area (Å²) in [4.78, 5) is 31.7. The van der Waals surface area contributed by atoms with Crippen molar-refractivity contribution in [1.82, 2.24) is 0 Å². The number of hydrogen-bond acceptors (Lipinski definition) is 6. The zero-order valence-corrected chi connectivity index (χ0v) is 17.3. The summed E-state index contributed by atoms with van der Waals surface area (Å²) in [6.07, 6.45) is 4.55. The van der Waals surface area contributed by atoms with E-state index in [0.29, 0.717) is 11.7 Å². The smallest absolute Gasteiger partial charge is 0.314 e. The van der Waals surface area contributed by atoms with Crippen molar-refractivity contribution in [3.05, 3.63) is 11.3 Å². The van der Waals surface area contributed by atoms with E-state index in [2.05, 4.69) is 13.8 Å². The lowest BCUT2D eigenvalue weighted by Crippen LogP contribution is -2.06. The van der Waals surface area contributed by atoms with Crippen LogP contribution in [0.15, 0.2) is 11.3 Å². The van der Waals surface area contributed by atoms with Gasteiger partial charge in [0, 0.05) is 5.75 Å². The second kappa shape index (κ2) is 12.9. The summed E-state index contributed by atoms with van der Waals surface area (Å²) in [7, 11) is 0. The van der Waals surface area contributed by atoms with Gasteiger partial charge in [-0.3, -0.25) is 4.57 Å². The van der Waals surface area contributed by atoms with Crippen LogP contribution in [-0.2, 0) is 18.9 Å². The monoisotopic (exact) mass is 394 g/mol. The van der Waals surface area contributed by atoms with Gasteiger partial charge in [0.2, 0.25) is 5.76 Å². The SMILES string of the molecule is CCCCC(CC)CSP(=O)(O)SC(C)OC(=C=O)C(=C=O)CC. The third-order valence-electron chi connectivity index (χ3n) is 3.43. The molecule has 0 radical (unpaired) electrons. The summed E-state index contributed by atoms with van der Waals surface area (Å²) in [5.74, 6) is 0.482. The number of rotatable bonds is 13. The highest BCUT2D eigenvalue weighted by Crippen LogP contribution is 2.67. The van der Waals surface area contributed by atoms with Gasteiger partial charge in [-0.2, -0.15) is 0 Å². The highest BCUT2D eigenvalue weighted by atomic mass is 33.1. The van der Waals surface area contributed by atoms with Crippen LogP contribution in [0.4, 0.5) is 0 Å². The summed E-state index contributed by atoms with van der Waals surface area (Å²) in [5.41, 5.74) is -0.668. The first-order valence-corrected chi connectivity index (χ1v) is 12.9. The Labute approximate surface area is 152 Å². The minimum absolute atomic E-state index is 0.0727. The standard InChI is InChI=1S/C16H27O5PS2/c1-5-8-9-14(6-2)12-23-22(19,20)24-13(4)21-16(11-18)15(7-3)10-17/h13-14H,5-9,12H2,1-4H3,(H,19,20). The van der Waals surface area contributed by atoms with Gasteiger partial charge in [0.1, 0.15) is 5.94 Å². The Morgan fingerprint density at radius 3 is 2.38 bits per heavy atom. The Morgan fingerprint density at radius 2 is 1.92 bits per heavy atom. The van der Waals surface area contributed by atoms with Crippen molar-refractivity contribution < 1.29 is 23.8 Å². The molecular weight excluding hydrogens is 367 g/mol. The molecule has 8 heteroatoms. The second-order valence-corrected chi connectivity index (χ2v) is 12.8. The topological polar surface area (TPSA) is 80.7 Å². The fraction of sp³-hybridized carbons (Fsp3) is 0.750. The van der Waals surface area contributed by atoms with Crippen LogP contribution in [0.3, 0.4) is 0 Å². The molecule has 0 rings (SSSR count). The molecule has 0 aliphatic carbocycles. The van der Waals surface area contributed by atoms with E-state index in [1.165, 1.54) is 0 Å². The van der Waals surface area contributed by atoms with Crippen LogP contribution in [-0.4, -0.2) is 28.0 Å². The molecule has 24 heavy (non-hydrogen) atoms. The zero-order valence-electron chi connectivity index (χ0n) is 14.7. The average Bonchev–Trinajstić information content (AvgIpc) is 2.54. The number of carbonyl (C=O) groups excluding carboxylic acids is 2. The van der Waals surface area contributed by atoms with E-state index in [1.54, 1.807) is 25.7 Å². The van der Waals surface area contributed by atoms with Crippen LogP contribution in [0.1, 0.15) is 59.8 Å². The Kier molecular flexibility index (Phi) is 12.7. The summed E-state index contributed by atoms with van der Waals surface area (Å²) < 4.78 is 17.6. The Bertz CT molecular complexity index is 525. The van der Waals surface area contributed by atoms with Crippen molar-refractivity contribution in [3.8, 4) is 0 Å². The lowest BCUT2D eigenvalue weighted by molar-refractivity contribution is 0.212. The largest absolute Gasteiger partial charge is 0.468 e. The van der Waals surface area contributed by atoms with Crippen molar-refractivity contribution in [2.45, 2.75) is 65.2 Å². The number of allylic oxidation sites excluding steroid dienone is 1. The summed E-state index contributed by atoms with van der Waals surface area (Å²) >= 11 is 1.82. The van der Waals surface area contributed by atoms with Gasteiger partial charge in [0.05, 0.1) is 5.57 Å². The molecule has 5 nitrogen and oxygen atoms in total. The molecule has 0 aromatic heterocycles. The Balaban J connectivity index is 4.60. The van der Waals surface area contributed by atoms with Crippen molar-refractivity contribution in [3.63, 3.8) is 0 Å². The molecule has 0 fully saturated rings. The third-order valence-corrected chi connectivity index (χ3v) is 9.87. The van der Waals surface area contributed by atoms with Gasteiger partial charge in [0.25, 0.3) is 0 Å². The van der Waals surface area contributed by atoms with Crippen molar-refractivity contribution in [1.29, 1.82) is 0 Å². The first-order chi connectivity index (χ1) is 11.3. The molecule has 0 spiro atoms. The third kappa shape index (κ3) is 9.78. The van der Waals surface area contributed by atoms with Crippen LogP contribution >= 0.6 is 28.5 Å². The molecule has 0 aromatic rings. The Morgan fingerprint density at radius 1 is 1.25 bits per heavy atom. The van der Waals surface area contributed by atoms with Crippen LogP contribution in [0.25, 0.3) is 0 Å². The van der Waals surface area contributed by atoms with Crippen LogP contribution < -0.4 is 0 Å². The summed E-state index contributed by atoms with van der Waals surface area (Å²) in [6.45, 7) is 7.47. The first kappa shape index (κ1) is 23.6. The van der Waals surface area contributed by atoms with Gasteiger partial charge in [-0.1, -0.05) is 51.4 Å². The minimum Gasteiger partial charge on any atom is -0.468 e. The number of hydrogen-bond donors (Lipinski definition) is 1. The quantitative estimate of drug-likeness (QED) is 0.154. The highest BCUT2D eigenvalue weighted by molar-refractivity contribution is 8.89. The first-order valence-electron chi connectivity index (χ1n) is 8.15. The molecule has 0 aromatic carbocycles. The molecule has 138 valence electrons. The van der Waals surface area contributed by atoms with Crippen LogP contribution in [0, 0.1) is 5.92 Å². The van der Waals surface area contributed by atoms with Gasteiger partial charge < -0.3 is 9.63 Å². The maximum absolute atomic E-state index is 12.3. The lowest BCUT2D eigenvalue weighted by atomic mass is 10.0. The van der Waals surface area contributed by atoms with E-state index in [0.717, 1.165) is 48.4 Å². The maximum atomic E-state index is 12.3. The second-order valence-electron chi connectivity index (χ2n) is 5.34. The van der Waals surface area contributed by atoms with Gasteiger partial charge in [-0.25, -0.2) is 9.59 Å². The molecule has 3 atom stereocenters. The molecule has 3 unspecified atom stereocenters. The Hall–Kier alpha value is -0.410. The fourth-order valence-corrected chi connectivity index (χ4v) is 8.14. The highest BCUT2D eigenvalue weighted by Gasteiger charge is 2.27. The number of ether oxygens (including phenoxy) is 1. The molecule has 0 aliphatic heterocycles. The predicted molar refractivity (Wildman–Crippen MR) is 102 cm³/mol. The molecule has 0 heterocycles. The van der Waals surface area contributed by atoms with E-state index in [1.807, 2.05) is 0 Å². The van der Waals surface area contributed by atoms with E-state index in [9.17, 15) is 19.0 Å². The predicted octanol–water partition coefficient (Wildman–Crippen LogP) is 5.02. The van der Waals surface area contributed by atoms with E-state index in [-0.39, 0.29) is 17.8 Å². The average molecular weight is 394 g/mol. The zero-order chi connectivity index (χ0) is 18.6. The van der Waals surface area contributed by atoms with E-state index < -0.39 is 11.2 Å². The molecule has 0 aliphatic rings. The molecular formula is C16H27O5PS2. The van der Waals surface area contributed by atoms with Crippen molar-refractivity contribution in [2.75, 3.05) is 5.75 Å². The van der Waals surface area contributed by atoms with E-state index >= 15 is 0 Å². The van der Waals surface area contributed by atoms with Crippen LogP contribution in [0.5, 0.6) is 0 Å². The number of unbranched alkanes of at least 4 members (excludes halogenated alkanes) is 1. The van der Waals surface area contributed by atoms with E-state index in [4.69, 9.17) is 4.74 Å². The van der Waals surface area contributed by atoms with Gasteiger partial charge in [0.15, 0.2) is 11.4 Å². The summed E-state index contributed by atoms with van der Waals surface area (Å²) in [5, 5.41) is 0. The van der Waals surface area contributed by atoms with Gasteiger partial charge >= 0.3 is 5.77 Å². The van der Waals surface area contributed by atoms with Gasteiger partial charge in [-0.05, 0) is 37.1 Å². The maximum Gasteiger partial charge on any atom is 0.314 e. The minimum atomic E-state index is -3.50. The molecule has 0 amide bonds. The fourth-order valence-electron chi connectivity index (χ4n) is 1.94. The van der Waals surface area contributed by atoms with Gasteiger partial charge in [-0.15, -0.1) is 0 Å².